The van der Waals surface area contributed by atoms with E-state index in [9.17, 15) is 8.42 Å². The molecule has 1 atom stereocenters. The molecule has 130 valence electrons. The first-order chi connectivity index (χ1) is 10.3. The van der Waals surface area contributed by atoms with E-state index in [4.69, 9.17) is 22.1 Å². The second-order valence-electron chi connectivity index (χ2n) is 5.34. The van der Waals surface area contributed by atoms with Gasteiger partial charge in [0, 0.05) is 19.3 Å². The van der Waals surface area contributed by atoms with Gasteiger partial charge in [-0.3, -0.25) is 0 Å². The summed E-state index contributed by atoms with van der Waals surface area (Å²) in [6.07, 6.45) is 1.26. The van der Waals surface area contributed by atoms with Gasteiger partial charge in [0.1, 0.15) is 0 Å². The molecule has 23 heavy (non-hydrogen) atoms. The molecule has 1 fully saturated rings. The third kappa shape index (κ3) is 5.77. The molecule has 1 heterocycles. The number of nitrogens with zero attached hydrogens (tertiary/aromatic N) is 2. The largest absolute Gasteiger partial charge is 0.375 e. The number of sulfone groups is 1. The lowest BCUT2D eigenvalue weighted by molar-refractivity contribution is 0.00529. The van der Waals surface area contributed by atoms with Gasteiger partial charge in [-0.2, -0.15) is 0 Å². The summed E-state index contributed by atoms with van der Waals surface area (Å²) in [5.41, 5.74) is 6.79. The number of hydrogen-bond donors (Lipinski definition) is 1. The Balaban J connectivity index is 0.00000264. The second kappa shape index (κ2) is 8.50. The van der Waals surface area contributed by atoms with E-state index in [0.717, 1.165) is 11.8 Å². The van der Waals surface area contributed by atoms with E-state index in [1.54, 1.807) is 12.1 Å². The molecule has 9 heteroatoms. The number of aliphatic imine (C=N–C) groups is 1. The van der Waals surface area contributed by atoms with Gasteiger partial charge in [-0.15, -0.1) is 24.0 Å². The highest BCUT2D eigenvalue weighted by Gasteiger charge is 2.18. The third-order valence-corrected chi connectivity index (χ3v) is 4.96. The average Bonchev–Trinajstić information content (AvgIpc) is 2.43. The molecule has 0 amide bonds. The summed E-state index contributed by atoms with van der Waals surface area (Å²) in [6.45, 7) is 4.40. The van der Waals surface area contributed by atoms with Crippen LogP contribution in [0.1, 0.15) is 12.5 Å². The van der Waals surface area contributed by atoms with Gasteiger partial charge in [-0.1, -0.05) is 17.7 Å². The normalized spacial score (nSPS) is 19.3. The number of nitrogens with two attached hydrogens (primary N) is 1. The molecule has 1 aliphatic rings. The van der Waals surface area contributed by atoms with Gasteiger partial charge in [0.2, 0.25) is 0 Å². The van der Waals surface area contributed by atoms with Gasteiger partial charge in [0.15, 0.2) is 15.8 Å². The van der Waals surface area contributed by atoms with Gasteiger partial charge in [0.05, 0.1) is 29.2 Å². The molecule has 0 aromatic heterocycles. The fourth-order valence-corrected chi connectivity index (χ4v) is 3.59. The van der Waals surface area contributed by atoms with Crippen LogP contribution < -0.4 is 5.73 Å². The zero-order valence-corrected chi connectivity index (χ0v) is 16.9. The summed E-state index contributed by atoms with van der Waals surface area (Å²) in [5.74, 6) is 0.457. The van der Waals surface area contributed by atoms with Crippen molar-refractivity contribution in [2.24, 2.45) is 10.7 Å². The van der Waals surface area contributed by atoms with Crippen molar-refractivity contribution in [3.8, 4) is 0 Å². The molecule has 0 radical (unpaired) electrons. The molecule has 0 aliphatic carbocycles. The van der Waals surface area contributed by atoms with Crippen LogP contribution in [0.15, 0.2) is 28.1 Å². The maximum absolute atomic E-state index is 11.5. The SMILES string of the molecule is CC1CN(C(N)=NCc2ccc(S(C)(=O)=O)c(Cl)c2)CCO1.I. The van der Waals surface area contributed by atoms with E-state index in [-0.39, 0.29) is 40.0 Å². The zero-order valence-electron chi connectivity index (χ0n) is 13.0. The van der Waals surface area contributed by atoms with E-state index in [2.05, 4.69) is 4.99 Å². The maximum Gasteiger partial charge on any atom is 0.191 e. The molecule has 6 nitrogen and oxygen atoms in total. The summed E-state index contributed by atoms with van der Waals surface area (Å²) in [5, 5.41) is 0.203. The summed E-state index contributed by atoms with van der Waals surface area (Å²) in [6, 6.07) is 4.80. The Morgan fingerprint density at radius 3 is 2.78 bits per heavy atom. The van der Waals surface area contributed by atoms with Crippen molar-refractivity contribution in [3.05, 3.63) is 28.8 Å². The predicted molar refractivity (Wildman–Crippen MR) is 102 cm³/mol. The average molecular weight is 474 g/mol. The summed E-state index contributed by atoms with van der Waals surface area (Å²) >= 11 is 6.01. The van der Waals surface area contributed by atoms with E-state index >= 15 is 0 Å². The van der Waals surface area contributed by atoms with Crippen LogP contribution in [0.2, 0.25) is 5.02 Å². The minimum atomic E-state index is -3.32. The van der Waals surface area contributed by atoms with Crippen molar-refractivity contribution in [2.45, 2.75) is 24.5 Å². The molecule has 0 spiro atoms. The number of benzene rings is 1. The van der Waals surface area contributed by atoms with E-state index in [1.807, 2.05) is 11.8 Å². The molecule has 1 aliphatic heterocycles. The second-order valence-corrected chi connectivity index (χ2v) is 7.73. The molecule has 1 saturated heterocycles. The Labute approximate surface area is 159 Å². The molecular formula is C14H21ClIN3O3S. The minimum Gasteiger partial charge on any atom is -0.375 e. The third-order valence-electron chi connectivity index (χ3n) is 3.38. The summed E-state index contributed by atoms with van der Waals surface area (Å²) in [7, 11) is -3.32. The molecule has 0 saturated carbocycles. The number of morpholine rings is 1. The Hall–Kier alpha value is -0.580. The van der Waals surface area contributed by atoms with Crippen LogP contribution in [0.3, 0.4) is 0 Å². The van der Waals surface area contributed by atoms with Gasteiger partial charge in [-0.25, -0.2) is 13.4 Å². The van der Waals surface area contributed by atoms with Crippen LogP contribution in [0, 0.1) is 0 Å². The number of ether oxygens (including phenoxy) is 1. The number of halogens is 2. The summed E-state index contributed by atoms with van der Waals surface area (Å²) in [4.78, 5) is 6.44. The molecule has 2 N–H and O–H groups in total. The van der Waals surface area contributed by atoms with Crippen molar-refractivity contribution < 1.29 is 13.2 Å². The Bertz CT molecular complexity index is 682. The van der Waals surface area contributed by atoms with Crippen LogP contribution in [0.25, 0.3) is 0 Å². The van der Waals surface area contributed by atoms with Gasteiger partial charge in [0.25, 0.3) is 0 Å². The zero-order chi connectivity index (χ0) is 16.3. The lowest BCUT2D eigenvalue weighted by atomic mass is 10.2. The highest BCUT2D eigenvalue weighted by atomic mass is 127. The van der Waals surface area contributed by atoms with Gasteiger partial charge < -0.3 is 15.4 Å². The Morgan fingerprint density at radius 1 is 1.52 bits per heavy atom. The van der Waals surface area contributed by atoms with Crippen LogP contribution in [-0.2, 0) is 21.1 Å². The van der Waals surface area contributed by atoms with Crippen molar-refractivity contribution in [1.82, 2.24) is 4.90 Å². The molecule has 1 aromatic carbocycles. The molecule has 1 unspecified atom stereocenters. The standard InChI is InChI=1S/C14H20ClN3O3S.HI/c1-10-9-18(5-6-21-10)14(16)17-8-11-3-4-13(12(15)7-11)22(2,19)20;/h3-4,7,10H,5-6,8-9H2,1-2H3,(H2,16,17);1H. The predicted octanol–water partition coefficient (Wildman–Crippen LogP) is 1.90. The highest BCUT2D eigenvalue weighted by molar-refractivity contribution is 14.0. The first-order valence-electron chi connectivity index (χ1n) is 6.92. The fraction of sp³-hybridized carbons (Fsp3) is 0.500. The van der Waals surface area contributed by atoms with Crippen LogP contribution >= 0.6 is 35.6 Å². The van der Waals surface area contributed by atoms with Crippen molar-refractivity contribution in [2.75, 3.05) is 26.0 Å². The summed E-state index contributed by atoms with van der Waals surface area (Å²) < 4.78 is 28.5. The molecule has 0 bridgehead atoms. The lowest BCUT2D eigenvalue weighted by Gasteiger charge is -2.31. The van der Waals surface area contributed by atoms with Crippen molar-refractivity contribution in [1.29, 1.82) is 0 Å². The first-order valence-corrected chi connectivity index (χ1v) is 9.19. The van der Waals surface area contributed by atoms with Gasteiger partial charge in [-0.05, 0) is 24.6 Å². The van der Waals surface area contributed by atoms with E-state index < -0.39 is 9.84 Å². The van der Waals surface area contributed by atoms with Crippen LogP contribution in [0.4, 0.5) is 0 Å². The lowest BCUT2D eigenvalue weighted by Crippen LogP contribution is -2.47. The number of rotatable bonds is 3. The highest BCUT2D eigenvalue weighted by Crippen LogP contribution is 2.23. The Morgan fingerprint density at radius 2 is 2.22 bits per heavy atom. The van der Waals surface area contributed by atoms with Gasteiger partial charge >= 0.3 is 0 Å². The monoisotopic (exact) mass is 473 g/mol. The maximum atomic E-state index is 11.5. The van der Waals surface area contributed by atoms with Crippen LogP contribution in [-0.4, -0.2) is 51.3 Å². The Kier molecular flexibility index (Phi) is 7.56. The minimum absolute atomic E-state index is 0. The molecular weight excluding hydrogens is 453 g/mol. The fourth-order valence-electron chi connectivity index (χ4n) is 2.24. The van der Waals surface area contributed by atoms with E-state index in [0.29, 0.717) is 32.2 Å². The first kappa shape index (κ1) is 20.5. The van der Waals surface area contributed by atoms with Crippen molar-refractivity contribution >= 4 is 51.4 Å². The number of guanidine groups is 1. The molecule has 1 aromatic rings. The number of hydrogen-bond acceptors (Lipinski definition) is 4. The quantitative estimate of drug-likeness (QED) is 0.412. The smallest absolute Gasteiger partial charge is 0.191 e. The molecule has 2 rings (SSSR count). The topological polar surface area (TPSA) is 85.0 Å². The van der Waals surface area contributed by atoms with E-state index in [1.165, 1.54) is 6.07 Å². The van der Waals surface area contributed by atoms with Crippen molar-refractivity contribution in [3.63, 3.8) is 0 Å². The van der Waals surface area contributed by atoms with Crippen LogP contribution in [0.5, 0.6) is 0 Å².